The van der Waals surface area contributed by atoms with Crippen LogP contribution in [-0.2, 0) is 0 Å². The molecule has 0 aliphatic carbocycles. The average Bonchev–Trinajstić information content (AvgIpc) is 2.67. The summed E-state index contributed by atoms with van der Waals surface area (Å²) in [5.41, 5.74) is 4.70. The summed E-state index contributed by atoms with van der Waals surface area (Å²) in [6, 6.07) is 10.4. The van der Waals surface area contributed by atoms with Gasteiger partial charge in [-0.1, -0.05) is 38.1 Å². The highest BCUT2D eigenvalue weighted by Gasteiger charge is 2.07. The first kappa shape index (κ1) is 9.97. The Hall–Kier alpha value is -1.57. The van der Waals surface area contributed by atoms with Crippen LogP contribution in [0.2, 0.25) is 0 Å². The van der Waals surface area contributed by atoms with Gasteiger partial charge < -0.3 is 0 Å². The van der Waals surface area contributed by atoms with Gasteiger partial charge in [0.15, 0.2) is 0 Å². The third-order valence-corrected chi connectivity index (χ3v) is 2.64. The standard InChI is InChI=1S/C13H16N2/c1-9(2)12-8-13(15-14-12)11-7-5-4-6-10(11)3/h4-9H,1-3H3,(H,14,15). The second-order valence-corrected chi connectivity index (χ2v) is 4.18. The first-order chi connectivity index (χ1) is 7.18. The molecule has 0 fully saturated rings. The van der Waals surface area contributed by atoms with Gasteiger partial charge in [0.1, 0.15) is 0 Å². The van der Waals surface area contributed by atoms with Gasteiger partial charge in [-0.3, -0.25) is 5.10 Å². The first-order valence-corrected chi connectivity index (χ1v) is 5.30. The van der Waals surface area contributed by atoms with Gasteiger partial charge in [-0.15, -0.1) is 0 Å². The van der Waals surface area contributed by atoms with Crippen molar-refractivity contribution in [3.8, 4) is 11.3 Å². The maximum Gasteiger partial charge on any atom is 0.0926 e. The van der Waals surface area contributed by atoms with Crippen LogP contribution in [0, 0.1) is 6.92 Å². The Morgan fingerprint density at radius 1 is 1.20 bits per heavy atom. The highest BCUT2D eigenvalue weighted by molar-refractivity contribution is 5.63. The van der Waals surface area contributed by atoms with Crippen molar-refractivity contribution >= 4 is 0 Å². The van der Waals surface area contributed by atoms with Crippen LogP contribution < -0.4 is 0 Å². The number of nitrogens with zero attached hydrogens (tertiary/aromatic N) is 1. The maximum atomic E-state index is 4.34. The van der Waals surface area contributed by atoms with Crippen molar-refractivity contribution in [2.24, 2.45) is 0 Å². The van der Waals surface area contributed by atoms with E-state index in [-0.39, 0.29) is 0 Å². The molecular weight excluding hydrogens is 184 g/mol. The van der Waals surface area contributed by atoms with E-state index in [4.69, 9.17) is 0 Å². The molecule has 2 aromatic rings. The predicted octanol–water partition coefficient (Wildman–Crippen LogP) is 3.51. The number of aryl methyl sites for hydroxylation is 1. The van der Waals surface area contributed by atoms with Crippen LogP contribution in [0.25, 0.3) is 11.3 Å². The molecular formula is C13H16N2. The zero-order valence-corrected chi connectivity index (χ0v) is 9.41. The van der Waals surface area contributed by atoms with Crippen molar-refractivity contribution in [1.29, 1.82) is 0 Å². The van der Waals surface area contributed by atoms with Gasteiger partial charge in [0, 0.05) is 11.3 Å². The van der Waals surface area contributed by atoms with E-state index < -0.39 is 0 Å². The van der Waals surface area contributed by atoms with E-state index in [1.165, 1.54) is 16.8 Å². The van der Waals surface area contributed by atoms with E-state index >= 15 is 0 Å². The minimum Gasteiger partial charge on any atom is -0.282 e. The molecule has 1 N–H and O–H groups in total. The van der Waals surface area contributed by atoms with Crippen molar-refractivity contribution in [3.05, 3.63) is 41.6 Å². The van der Waals surface area contributed by atoms with Crippen LogP contribution in [0.4, 0.5) is 0 Å². The van der Waals surface area contributed by atoms with Gasteiger partial charge in [0.25, 0.3) is 0 Å². The number of benzene rings is 1. The Labute approximate surface area is 90.3 Å². The molecule has 15 heavy (non-hydrogen) atoms. The smallest absolute Gasteiger partial charge is 0.0926 e. The summed E-state index contributed by atoms with van der Waals surface area (Å²) in [6.07, 6.45) is 0. The van der Waals surface area contributed by atoms with Crippen molar-refractivity contribution in [3.63, 3.8) is 0 Å². The fraction of sp³-hybridized carbons (Fsp3) is 0.308. The van der Waals surface area contributed by atoms with Gasteiger partial charge in [0.05, 0.1) is 5.69 Å². The molecule has 2 heteroatoms. The van der Waals surface area contributed by atoms with Gasteiger partial charge in [-0.05, 0) is 24.5 Å². The molecule has 2 nitrogen and oxygen atoms in total. The lowest BCUT2D eigenvalue weighted by atomic mass is 10.0. The van der Waals surface area contributed by atoms with E-state index in [1.54, 1.807) is 0 Å². The Balaban J connectivity index is 2.42. The van der Waals surface area contributed by atoms with Gasteiger partial charge in [-0.25, -0.2) is 0 Å². The van der Waals surface area contributed by atoms with E-state index in [0.717, 1.165) is 5.69 Å². The van der Waals surface area contributed by atoms with Crippen LogP contribution in [0.15, 0.2) is 30.3 Å². The summed E-state index contributed by atoms with van der Waals surface area (Å²) in [5, 5.41) is 7.42. The Kier molecular flexibility index (Phi) is 2.58. The summed E-state index contributed by atoms with van der Waals surface area (Å²) in [5.74, 6) is 0.496. The second kappa shape index (κ2) is 3.89. The van der Waals surface area contributed by atoms with Crippen LogP contribution in [0.3, 0.4) is 0 Å². The molecule has 0 spiro atoms. The quantitative estimate of drug-likeness (QED) is 0.789. The Bertz CT molecular complexity index is 455. The molecule has 2 rings (SSSR count). The molecule has 78 valence electrons. The minimum absolute atomic E-state index is 0.496. The van der Waals surface area contributed by atoms with Gasteiger partial charge in [-0.2, -0.15) is 5.10 Å². The number of H-pyrrole nitrogens is 1. The van der Waals surface area contributed by atoms with Crippen molar-refractivity contribution in [2.45, 2.75) is 26.7 Å². The molecule has 1 aromatic carbocycles. The zero-order valence-electron chi connectivity index (χ0n) is 9.41. The summed E-state index contributed by atoms with van der Waals surface area (Å²) < 4.78 is 0. The highest BCUT2D eigenvalue weighted by atomic mass is 15.1. The lowest BCUT2D eigenvalue weighted by molar-refractivity contribution is 0.811. The molecule has 1 aromatic heterocycles. The fourth-order valence-corrected chi connectivity index (χ4v) is 1.63. The lowest BCUT2D eigenvalue weighted by Gasteiger charge is -2.00. The Morgan fingerprint density at radius 2 is 1.93 bits per heavy atom. The molecule has 1 heterocycles. The molecule has 0 saturated heterocycles. The molecule has 0 saturated carbocycles. The molecule has 0 bridgehead atoms. The summed E-state index contributed by atoms with van der Waals surface area (Å²) >= 11 is 0. The lowest BCUT2D eigenvalue weighted by Crippen LogP contribution is -1.85. The number of nitrogens with one attached hydrogen (secondary N) is 1. The first-order valence-electron chi connectivity index (χ1n) is 5.30. The number of hydrogen-bond donors (Lipinski definition) is 1. The monoisotopic (exact) mass is 200 g/mol. The van der Waals surface area contributed by atoms with E-state index in [0.29, 0.717) is 5.92 Å². The number of hydrogen-bond acceptors (Lipinski definition) is 1. The summed E-state index contributed by atoms with van der Waals surface area (Å²) in [6.45, 7) is 6.43. The van der Waals surface area contributed by atoms with Crippen molar-refractivity contribution in [2.75, 3.05) is 0 Å². The molecule has 0 radical (unpaired) electrons. The summed E-state index contributed by atoms with van der Waals surface area (Å²) in [4.78, 5) is 0. The van der Waals surface area contributed by atoms with Crippen molar-refractivity contribution < 1.29 is 0 Å². The predicted molar refractivity (Wildman–Crippen MR) is 62.8 cm³/mol. The van der Waals surface area contributed by atoms with Gasteiger partial charge in [0.2, 0.25) is 0 Å². The van der Waals surface area contributed by atoms with Crippen LogP contribution in [-0.4, -0.2) is 10.2 Å². The van der Waals surface area contributed by atoms with Crippen LogP contribution in [0.1, 0.15) is 31.0 Å². The topological polar surface area (TPSA) is 28.7 Å². The molecule has 0 atom stereocenters. The van der Waals surface area contributed by atoms with E-state index in [1.807, 2.05) is 6.07 Å². The molecule has 0 amide bonds. The SMILES string of the molecule is Cc1ccccc1-c1cc(C(C)C)[nH]n1. The number of rotatable bonds is 2. The molecule has 0 aliphatic heterocycles. The number of aromatic nitrogens is 2. The van der Waals surface area contributed by atoms with Crippen LogP contribution in [0.5, 0.6) is 0 Å². The fourth-order valence-electron chi connectivity index (χ4n) is 1.63. The van der Waals surface area contributed by atoms with Gasteiger partial charge >= 0.3 is 0 Å². The number of aromatic amines is 1. The maximum absolute atomic E-state index is 4.34. The average molecular weight is 200 g/mol. The minimum atomic E-state index is 0.496. The van der Waals surface area contributed by atoms with Crippen molar-refractivity contribution in [1.82, 2.24) is 10.2 Å². The van der Waals surface area contributed by atoms with E-state index in [2.05, 4.69) is 55.2 Å². The third kappa shape index (κ3) is 1.94. The van der Waals surface area contributed by atoms with E-state index in [9.17, 15) is 0 Å². The second-order valence-electron chi connectivity index (χ2n) is 4.18. The molecule has 0 aliphatic rings. The zero-order chi connectivity index (χ0) is 10.8. The normalized spacial score (nSPS) is 10.9. The van der Waals surface area contributed by atoms with Crippen LogP contribution >= 0.6 is 0 Å². The summed E-state index contributed by atoms with van der Waals surface area (Å²) in [7, 11) is 0. The largest absolute Gasteiger partial charge is 0.282 e. The Morgan fingerprint density at radius 3 is 2.53 bits per heavy atom. The highest BCUT2D eigenvalue weighted by Crippen LogP contribution is 2.23. The third-order valence-electron chi connectivity index (χ3n) is 2.64. The molecule has 0 unspecified atom stereocenters.